The molecule has 6 heteroatoms. The van der Waals surface area contributed by atoms with Gasteiger partial charge in [0.1, 0.15) is 0 Å². The highest BCUT2D eigenvalue weighted by atomic mass is 19.4. The normalized spacial score (nSPS) is 20.2. The summed E-state index contributed by atoms with van der Waals surface area (Å²) < 4.78 is 38.8. The molecular weight excluding hydrogens is 315 g/mol. The van der Waals surface area contributed by atoms with Gasteiger partial charge in [0.15, 0.2) is 5.96 Å². The maximum Gasteiger partial charge on any atom is 0.416 e. The SMILES string of the molecule is CN=C(NCC1(c2cccc(C(F)(F)F)c2)CC1)NC1CC=CC1. The van der Waals surface area contributed by atoms with Crippen molar-refractivity contribution in [3.05, 3.63) is 47.5 Å². The Hall–Kier alpha value is -1.98. The Balaban J connectivity index is 1.64. The molecule has 24 heavy (non-hydrogen) atoms. The quantitative estimate of drug-likeness (QED) is 0.500. The summed E-state index contributed by atoms with van der Waals surface area (Å²) in [5.41, 5.74) is -0.0408. The highest BCUT2D eigenvalue weighted by Crippen LogP contribution is 2.48. The third-order valence-electron chi connectivity index (χ3n) is 4.82. The summed E-state index contributed by atoms with van der Waals surface area (Å²) >= 11 is 0. The second kappa shape index (κ2) is 6.49. The average molecular weight is 337 g/mol. The van der Waals surface area contributed by atoms with Gasteiger partial charge in [0.25, 0.3) is 0 Å². The molecule has 1 fully saturated rings. The minimum absolute atomic E-state index is 0.215. The second-order valence-corrected chi connectivity index (χ2v) is 6.57. The van der Waals surface area contributed by atoms with Gasteiger partial charge in [-0.05, 0) is 37.3 Å². The first-order valence-electron chi connectivity index (χ1n) is 8.23. The number of alkyl halides is 3. The maximum atomic E-state index is 12.9. The summed E-state index contributed by atoms with van der Waals surface area (Å²) in [5.74, 6) is 0.710. The van der Waals surface area contributed by atoms with Crippen LogP contribution in [0.25, 0.3) is 0 Å². The Morgan fingerprint density at radius 2 is 1.96 bits per heavy atom. The zero-order valence-corrected chi connectivity index (χ0v) is 13.7. The van der Waals surface area contributed by atoms with E-state index in [0.29, 0.717) is 18.5 Å². The van der Waals surface area contributed by atoms with E-state index in [2.05, 4.69) is 27.8 Å². The average Bonchev–Trinajstić information content (AvgIpc) is 3.18. The molecular formula is C18H22F3N3. The van der Waals surface area contributed by atoms with E-state index in [1.807, 2.05) is 0 Å². The van der Waals surface area contributed by atoms with Crippen LogP contribution in [0.15, 0.2) is 41.4 Å². The minimum atomic E-state index is -4.30. The van der Waals surface area contributed by atoms with Crippen molar-refractivity contribution in [1.82, 2.24) is 10.6 Å². The molecule has 0 aliphatic heterocycles. The molecule has 0 saturated heterocycles. The molecule has 0 amide bonds. The zero-order chi connectivity index (χ0) is 17.2. The second-order valence-electron chi connectivity index (χ2n) is 6.57. The minimum Gasteiger partial charge on any atom is -0.356 e. The number of halogens is 3. The van der Waals surface area contributed by atoms with Gasteiger partial charge in [-0.3, -0.25) is 4.99 Å². The summed E-state index contributed by atoms with van der Waals surface area (Å²) in [7, 11) is 1.71. The Morgan fingerprint density at radius 1 is 1.25 bits per heavy atom. The largest absolute Gasteiger partial charge is 0.416 e. The molecule has 0 radical (unpaired) electrons. The van der Waals surface area contributed by atoms with Gasteiger partial charge in [0.05, 0.1) is 5.56 Å². The summed E-state index contributed by atoms with van der Waals surface area (Å²) in [5, 5.41) is 6.64. The van der Waals surface area contributed by atoms with Crippen molar-refractivity contribution >= 4 is 5.96 Å². The van der Waals surface area contributed by atoms with Crippen LogP contribution < -0.4 is 10.6 Å². The maximum absolute atomic E-state index is 12.9. The van der Waals surface area contributed by atoms with Gasteiger partial charge in [0, 0.05) is 25.0 Å². The van der Waals surface area contributed by atoms with Crippen LogP contribution in [-0.2, 0) is 11.6 Å². The Morgan fingerprint density at radius 3 is 2.54 bits per heavy atom. The molecule has 1 saturated carbocycles. The smallest absolute Gasteiger partial charge is 0.356 e. The summed E-state index contributed by atoms with van der Waals surface area (Å²) in [6, 6.07) is 6.04. The number of benzene rings is 1. The molecule has 1 aromatic rings. The van der Waals surface area contributed by atoms with Crippen LogP contribution >= 0.6 is 0 Å². The van der Waals surface area contributed by atoms with E-state index in [0.717, 1.165) is 37.3 Å². The van der Waals surface area contributed by atoms with Crippen molar-refractivity contribution in [2.45, 2.75) is 43.3 Å². The molecule has 3 rings (SSSR count). The first kappa shape index (κ1) is 16.9. The highest BCUT2D eigenvalue weighted by Gasteiger charge is 2.45. The lowest BCUT2D eigenvalue weighted by atomic mass is 9.94. The van der Waals surface area contributed by atoms with Crippen molar-refractivity contribution in [2.24, 2.45) is 4.99 Å². The van der Waals surface area contributed by atoms with E-state index in [-0.39, 0.29) is 5.41 Å². The lowest BCUT2D eigenvalue weighted by Gasteiger charge is -2.22. The van der Waals surface area contributed by atoms with E-state index in [1.165, 1.54) is 12.1 Å². The molecule has 130 valence electrons. The van der Waals surface area contributed by atoms with Crippen LogP contribution in [0.2, 0.25) is 0 Å². The Kier molecular flexibility index (Phi) is 4.56. The highest BCUT2D eigenvalue weighted by molar-refractivity contribution is 5.80. The van der Waals surface area contributed by atoms with Crippen LogP contribution in [0.1, 0.15) is 36.8 Å². The lowest BCUT2D eigenvalue weighted by Crippen LogP contribution is -2.45. The number of hydrogen-bond acceptors (Lipinski definition) is 1. The first-order valence-corrected chi connectivity index (χ1v) is 8.23. The number of nitrogens with zero attached hydrogens (tertiary/aromatic N) is 1. The summed E-state index contributed by atoms with van der Waals surface area (Å²) in [6.45, 7) is 0.591. The third kappa shape index (κ3) is 3.74. The van der Waals surface area contributed by atoms with E-state index in [9.17, 15) is 13.2 Å². The van der Waals surface area contributed by atoms with Gasteiger partial charge in [-0.2, -0.15) is 13.2 Å². The molecule has 2 N–H and O–H groups in total. The van der Waals surface area contributed by atoms with E-state index < -0.39 is 11.7 Å². The van der Waals surface area contributed by atoms with Crippen LogP contribution in [0.4, 0.5) is 13.2 Å². The van der Waals surface area contributed by atoms with Gasteiger partial charge in [0.2, 0.25) is 0 Å². The predicted molar refractivity (Wildman–Crippen MR) is 89.0 cm³/mol. The standard InChI is InChI=1S/C18H22F3N3/c1-22-16(24-15-7-2-3-8-15)23-12-17(9-10-17)13-5-4-6-14(11-13)18(19,20)21/h2-6,11,15H,7-10,12H2,1H3,(H2,22,23,24). The number of aliphatic imine (C=N–C) groups is 1. The van der Waals surface area contributed by atoms with Crippen LogP contribution in [-0.4, -0.2) is 25.6 Å². The number of nitrogens with one attached hydrogen (secondary N) is 2. The molecule has 0 bridgehead atoms. The van der Waals surface area contributed by atoms with Crippen molar-refractivity contribution in [3.8, 4) is 0 Å². The van der Waals surface area contributed by atoms with Crippen LogP contribution in [0.3, 0.4) is 0 Å². The van der Waals surface area contributed by atoms with Crippen molar-refractivity contribution < 1.29 is 13.2 Å². The monoisotopic (exact) mass is 337 g/mol. The van der Waals surface area contributed by atoms with Crippen LogP contribution in [0, 0.1) is 0 Å². The number of rotatable bonds is 4. The molecule has 0 atom stereocenters. The number of guanidine groups is 1. The summed E-state index contributed by atoms with van der Waals surface area (Å²) in [4.78, 5) is 4.22. The van der Waals surface area contributed by atoms with Gasteiger partial charge in [-0.1, -0.05) is 30.4 Å². The zero-order valence-electron chi connectivity index (χ0n) is 13.7. The van der Waals surface area contributed by atoms with Crippen molar-refractivity contribution in [2.75, 3.05) is 13.6 Å². The van der Waals surface area contributed by atoms with Gasteiger partial charge in [-0.25, -0.2) is 0 Å². The first-order chi connectivity index (χ1) is 11.4. The molecule has 2 aliphatic rings. The molecule has 0 heterocycles. The van der Waals surface area contributed by atoms with Gasteiger partial charge in [-0.15, -0.1) is 0 Å². The van der Waals surface area contributed by atoms with E-state index in [4.69, 9.17) is 0 Å². The molecule has 0 unspecified atom stereocenters. The fraction of sp³-hybridized carbons (Fsp3) is 0.500. The molecule has 0 spiro atoms. The third-order valence-corrected chi connectivity index (χ3v) is 4.82. The van der Waals surface area contributed by atoms with E-state index >= 15 is 0 Å². The Labute approximate surface area is 140 Å². The predicted octanol–water partition coefficient (Wildman–Crippen LogP) is 3.62. The fourth-order valence-electron chi connectivity index (χ4n) is 3.12. The molecule has 0 aromatic heterocycles. The fourth-order valence-corrected chi connectivity index (χ4v) is 3.12. The van der Waals surface area contributed by atoms with Crippen LogP contribution in [0.5, 0.6) is 0 Å². The Bertz CT molecular complexity index is 637. The van der Waals surface area contributed by atoms with E-state index in [1.54, 1.807) is 13.1 Å². The molecule has 3 nitrogen and oxygen atoms in total. The van der Waals surface area contributed by atoms with Crippen molar-refractivity contribution in [1.29, 1.82) is 0 Å². The molecule has 2 aliphatic carbocycles. The topological polar surface area (TPSA) is 36.4 Å². The summed E-state index contributed by atoms with van der Waals surface area (Å²) in [6.07, 6.45) is 3.70. The molecule has 1 aromatic carbocycles. The van der Waals surface area contributed by atoms with Gasteiger partial charge < -0.3 is 10.6 Å². The number of hydrogen-bond donors (Lipinski definition) is 2. The lowest BCUT2D eigenvalue weighted by molar-refractivity contribution is -0.137. The van der Waals surface area contributed by atoms with Gasteiger partial charge >= 0.3 is 6.18 Å². The van der Waals surface area contributed by atoms with Crippen molar-refractivity contribution in [3.63, 3.8) is 0 Å².